The van der Waals surface area contributed by atoms with Crippen molar-refractivity contribution in [2.75, 3.05) is 37.7 Å². The van der Waals surface area contributed by atoms with E-state index in [2.05, 4.69) is 10.2 Å². The molecule has 0 bridgehead atoms. The molecular formula is C16H22ClFN2O3S. The minimum atomic E-state index is -2.85. The highest BCUT2D eigenvalue weighted by molar-refractivity contribution is 7.91. The van der Waals surface area contributed by atoms with Gasteiger partial charge in [0.1, 0.15) is 5.82 Å². The fourth-order valence-corrected chi connectivity index (χ4v) is 3.60. The number of nitrogens with one attached hydrogen (secondary N) is 1. The van der Waals surface area contributed by atoms with Crippen molar-refractivity contribution >= 4 is 34.2 Å². The van der Waals surface area contributed by atoms with E-state index >= 15 is 0 Å². The Hall–Kier alpha value is -1.44. The SMILES string of the molecule is Cl.O=C(/C=C/c1ccccc1F)NCCCN1CCS(=O)(=O)CC1. The summed E-state index contributed by atoms with van der Waals surface area (Å²) in [6, 6.07) is 6.25. The van der Waals surface area contributed by atoms with Crippen LogP contribution < -0.4 is 5.32 Å². The molecular weight excluding hydrogens is 355 g/mol. The normalized spacial score (nSPS) is 17.4. The molecule has 0 saturated carbocycles. The molecule has 0 spiro atoms. The van der Waals surface area contributed by atoms with Crippen LogP contribution in [0, 0.1) is 5.82 Å². The lowest BCUT2D eigenvalue weighted by Gasteiger charge is -2.26. The van der Waals surface area contributed by atoms with Crippen LogP contribution in [0.2, 0.25) is 0 Å². The van der Waals surface area contributed by atoms with Crippen LogP contribution >= 0.6 is 12.4 Å². The van der Waals surface area contributed by atoms with Crippen LogP contribution in [0.25, 0.3) is 6.08 Å². The highest BCUT2D eigenvalue weighted by atomic mass is 35.5. The molecule has 1 fully saturated rings. The van der Waals surface area contributed by atoms with Crippen LogP contribution in [-0.4, -0.2) is 56.9 Å². The van der Waals surface area contributed by atoms with Crippen LogP contribution in [-0.2, 0) is 14.6 Å². The number of hydrogen-bond acceptors (Lipinski definition) is 4. The second-order valence-electron chi connectivity index (χ2n) is 5.49. The van der Waals surface area contributed by atoms with Crippen molar-refractivity contribution in [1.29, 1.82) is 0 Å². The number of hydrogen-bond donors (Lipinski definition) is 1. The molecule has 1 amide bonds. The molecule has 0 aromatic heterocycles. The molecule has 134 valence electrons. The van der Waals surface area contributed by atoms with Crippen molar-refractivity contribution in [3.63, 3.8) is 0 Å². The lowest BCUT2D eigenvalue weighted by Crippen LogP contribution is -2.41. The average molecular weight is 377 g/mol. The summed E-state index contributed by atoms with van der Waals surface area (Å²) in [6.07, 6.45) is 3.51. The van der Waals surface area contributed by atoms with E-state index in [9.17, 15) is 17.6 Å². The van der Waals surface area contributed by atoms with E-state index in [1.165, 1.54) is 18.2 Å². The molecule has 1 saturated heterocycles. The van der Waals surface area contributed by atoms with Crippen molar-refractivity contribution in [3.8, 4) is 0 Å². The molecule has 8 heteroatoms. The van der Waals surface area contributed by atoms with Gasteiger partial charge in [0, 0.05) is 31.3 Å². The van der Waals surface area contributed by atoms with Gasteiger partial charge in [-0.2, -0.15) is 0 Å². The van der Waals surface area contributed by atoms with Crippen molar-refractivity contribution < 1.29 is 17.6 Å². The Kier molecular flexibility index (Phi) is 8.38. The number of amides is 1. The maximum absolute atomic E-state index is 13.4. The van der Waals surface area contributed by atoms with Crippen LogP contribution in [0.1, 0.15) is 12.0 Å². The molecule has 0 radical (unpaired) electrons. The number of sulfone groups is 1. The molecule has 1 aromatic rings. The summed E-state index contributed by atoms with van der Waals surface area (Å²) >= 11 is 0. The second kappa shape index (κ2) is 9.76. The molecule has 0 aliphatic carbocycles. The van der Waals surface area contributed by atoms with E-state index in [1.54, 1.807) is 18.2 Å². The molecule has 1 aliphatic heterocycles. The smallest absolute Gasteiger partial charge is 0.244 e. The summed E-state index contributed by atoms with van der Waals surface area (Å²) in [5.74, 6) is -0.207. The zero-order valence-electron chi connectivity index (χ0n) is 13.3. The lowest BCUT2D eigenvalue weighted by molar-refractivity contribution is -0.116. The van der Waals surface area contributed by atoms with Crippen molar-refractivity contribution in [1.82, 2.24) is 10.2 Å². The minimum absolute atomic E-state index is 0. The number of halogens is 2. The quantitative estimate of drug-likeness (QED) is 0.603. The van der Waals surface area contributed by atoms with Crippen LogP contribution in [0.5, 0.6) is 0 Å². The third-order valence-corrected chi connectivity index (χ3v) is 5.32. The zero-order chi connectivity index (χ0) is 16.7. The van der Waals surface area contributed by atoms with Gasteiger partial charge in [0.05, 0.1) is 11.5 Å². The van der Waals surface area contributed by atoms with E-state index < -0.39 is 9.84 Å². The summed E-state index contributed by atoms with van der Waals surface area (Å²) in [4.78, 5) is 13.7. The third kappa shape index (κ3) is 6.98. The van der Waals surface area contributed by atoms with E-state index in [-0.39, 0.29) is 35.6 Å². The number of nitrogens with zero attached hydrogens (tertiary/aromatic N) is 1. The number of carbonyl (C=O) groups is 1. The molecule has 1 aliphatic rings. The third-order valence-electron chi connectivity index (χ3n) is 3.71. The van der Waals surface area contributed by atoms with Crippen molar-refractivity contribution in [2.24, 2.45) is 0 Å². The number of carbonyl (C=O) groups excluding carboxylic acids is 1. The van der Waals surface area contributed by atoms with Crippen LogP contribution in [0.15, 0.2) is 30.3 Å². The molecule has 0 atom stereocenters. The molecule has 2 rings (SSSR count). The Labute approximate surface area is 148 Å². The Morgan fingerprint density at radius 1 is 1.25 bits per heavy atom. The summed E-state index contributed by atoms with van der Waals surface area (Å²) in [7, 11) is -2.85. The van der Waals surface area contributed by atoms with Gasteiger partial charge < -0.3 is 10.2 Å². The zero-order valence-corrected chi connectivity index (χ0v) is 14.9. The molecule has 5 nitrogen and oxygen atoms in total. The number of benzene rings is 1. The lowest BCUT2D eigenvalue weighted by atomic mass is 10.2. The first-order valence-electron chi connectivity index (χ1n) is 7.59. The van der Waals surface area contributed by atoms with E-state index in [0.29, 0.717) is 25.2 Å². The fourth-order valence-electron chi connectivity index (χ4n) is 2.32. The highest BCUT2D eigenvalue weighted by Crippen LogP contribution is 2.08. The van der Waals surface area contributed by atoms with Gasteiger partial charge in [0.25, 0.3) is 0 Å². The Morgan fingerprint density at radius 3 is 2.58 bits per heavy atom. The first-order chi connectivity index (χ1) is 11.0. The first kappa shape index (κ1) is 20.6. The van der Waals surface area contributed by atoms with E-state index in [0.717, 1.165) is 13.0 Å². The summed E-state index contributed by atoms with van der Waals surface area (Å²) in [5, 5.41) is 2.74. The topological polar surface area (TPSA) is 66.5 Å². The Morgan fingerprint density at radius 2 is 1.92 bits per heavy atom. The van der Waals surface area contributed by atoms with Crippen LogP contribution in [0.3, 0.4) is 0 Å². The van der Waals surface area contributed by atoms with E-state index in [4.69, 9.17) is 0 Å². The maximum Gasteiger partial charge on any atom is 0.244 e. The second-order valence-corrected chi connectivity index (χ2v) is 7.80. The van der Waals surface area contributed by atoms with Gasteiger partial charge in [0.15, 0.2) is 9.84 Å². The summed E-state index contributed by atoms with van der Waals surface area (Å²) in [6.45, 7) is 2.38. The first-order valence-corrected chi connectivity index (χ1v) is 9.42. The molecule has 0 unspecified atom stereocenters. The Balaban J connectivity index is 0.00000288. The van der Waals surface area contributed by atoms with Crippen molar-refractivity contribution in [3.05, 3.63) is 41.7 Å². The minimum Gasteiger partial charge on any atom is -0.353 e. The fraction of sp³-hybridized carbons (Fsp3) is 0.438. The van der Waals surface area contributed by atoms with Crippen molar-refractivity contribution in [2.45, 2.75) is 6.42 Å². The van der Waals surface area contributed by atoms with E-state index in [1.807, 2.05) is 0 Å². The van der Waals surface area contributed by atoms with Gasteiger partial charge >= 0.3 is 0 Å². The largest absolute Gasteiger partial charge is 0.353 e. The van der Waals surface area contributed by atoms with Gasteiger partial charge in [-0.25, -0.2) is 12.8 Å². The van der Waals surface area contributed by atoms with Gasteiger partial charge in [-0.05, 0) is 25.1 Å². The Bertz CT molecular complexity index is 666. The monoisotopic (exact) mass is 376 g/mol. The van der Waals surface area contributed by atoms with Gasteiger partial charge in [-0.1, -0.05) is 18.2 Å². The van der Waals surface area contributed by atoms with Gasteiger partial charge in [-0.15, -0.1) is 12.4 Å². The maximum atomic E-state index is 13.4. The standard InChI is InChI=1S/C16H21FN2O3S.ClH/c17-15-5-2-1-4-14(15)6-7-16(20)18-8-3-9-19-10-12-23(21,22)13-11-19;/h1-2,4-7H,3,8-13H2,(H,18,20);1H/b7-6+;. The van der Waals surface area contributed by atoms with Gasteiger partial charge in [-0.3, -0.25) is 4.79 Å². The number of rotatable bonds is 6. The molecule has 1 aromatic carbocycles. The average Bonchev–Trinajstić information content (AvgIpc) is 2.52. The molecule has 1 N–H and O–H groups in total. The predicted octanol–water partition coefficient (Wildman–Crippen LogP) is 1.50. The summed E-state index contributed by atoms with van der Waals surface area (Å²) in [5.41, 5.74) is 0.372. The summed E-state index contributed by atoms with van der Waals surface area (Å²) < 4.78 is 36.0. The predicted molar refractivity (Wildman–Crippen MR) is 95.4 cm³/mol. The molecule has 24 heavy (non-hydrogen) atoms. The molecule has 1 heterocycles. The highest BCUT2D eigenvalue weighted by Gasteiger charge is 2.20. The van der Waals surface area contributed by atoms with Crippen LogP contribution in [0.4, 0.5) is 4.39 Å². The van der Waals surface area contributed by atoms with Gasteiger partial charge in [0.2, 0.25) is 5.91 Å².